The van der Waals surface area contributed by atoms with E-state index in [-0.39, 0.29) is 11.7 Å². The minimum absolute atomic E-state index is 0.0705. The first-order chi connectivity index (χ1) is 18.2. The maximum atomic E-state index is 12.8. The molecule has 1 aliphatic carbocycles. The minimum atomic E-state index is -1.26. The largest absolute Gasteiger partial charge is 0.496 e. The van der Waals surface area contributed by atoms with Crippen LogP contribution in [0, 0.1) is 5.92 Å². The standard InChI is InChI=1S/C25H33NO4.C4H4O4/c1-5-26(17-19-11-6-7-12-22(19)28-2)13-9-8-10-18-14-20-15-23(29-3)24(30-4)16-21(20)25(18)27;5-3(6)1-2-4(7)8/h6-7,11-12,15-16,18H,5,8-10,13-14,17H2,1-4H3;1-2H,(H,5,6)(H,7,8). The average molecular weight is 528 g/mol. The van der Waals surface area contributed by atoms with Crippen molar-refractivity contribution >= 4 is 17.7 Å². The lowest BCUT2D eigenvalue weighted by atomic mass is 9.98. The molecule has 0 radical (unpaired) electrons. The van der Waals surface area contributed by atoms with Gasteiger partial charge in [-0.1, -0.05) is 31.5 Å². The predicted molar refractivity (Wildman–Crippen MR) is 143 cm³/mol. The molecule has 2 N–H and O–H groups in total. The average Bonchev–Trinajstić information content (AvgIpc) is 3.22. The van der Waals surface area contributed by atoms with Gasteiger partial charge in [-0.05, 0) is 56.1 Å². The van der Waals surface area contributed by atoms with Gasteiger partial charge in [0.05, 0.1) is 21.3 Å². The lowest BCUT2D eigenvalue weighted by Gasteiger charge is -2.22. The van der Waals surface area contributed by atoms with Crippen molar-refractivity contribution in [1.82, 2.24) is 4.90 Å². The summed E-state index contributed by atoms with van der Waals surface area (Å²) in [5.41, 5.74) is 3.09. The summed E-state index contributed by atoms with van der Waals surface area (Å²) in [6.07, 6.45) is 4.96. The van der Waals surface area contributed by atoms with Gasteiger partial charge >= 0.3 is 11.9 Å². The van der Waals surface area contributed by atoms with Crippen LogP contribution in [0.2, 0.25) is 0 Å². The van der Waals surface area contributed by atoms with E-state index in [1.165, 1.54) is 5.56 Å². The van der Waals surface area contributed by atoms with E-state index >= 15 is 0 Å². The molecule has 0 heterocycles. The number of ether oxygens (including phenoxy) is 3. The fourth-order valence-corrected chi connectivity index (χ4v) is 4.42. The monoisotopic (exact) mass is 527 g/mol. The normalized spacial score (nSPS) is 14.1. The van der Waals surface area contributed by atoms with Crippen LogP contribution in [0.3, 0.4) is 0 Å². The SMILES string of the molecule is CCN(CCCCC1Cc2cc(OC)c(OC)cc2C1=O)Cc1ccccc1OC.O=C(O)C=CC(=O)O. The van der Waals surface area contributed by atoms with Crippen LogP contribution in [-0.4, -0.2) is 67.3 Å². The molecule has 38 heavy (non-hydrogen) atoms. The Morgan fingerprint density at radius 1 is 0.947 bits per heavy atom. The van der Waals surface area contributed by atoms with E-state index in [1.807, 2.05) is 24.3 Å². The number of methoxy groups -OCH3 is 3. The van der Waals surface area contributed by atoms with E-state index in [0.717, 1.165) is 62.2 Å². The number of carbonyl (C=O) groups excluding carboxylic acids is 1. The Bertz CT molecular complexity index is 1110. The third-order valence-corrected chi connectivity index (χ3v) is 6.39. The van der Waals surface area contributed by atoms with Crippen molar-refractivity contribution < 1.29 is 38.8 Å². The molecule has 206 valence electrons. The molecule has 1 aliphatic rings. The highest BCUT2D eigenvalue weighted by Crippen LogP contribution is 2.38. The van der Waals surface area contributed by atoms with Crippen LogP contribution in [0.4, 0.5) is 0 Å². The molecule has 0 spiro atoms. The van der Waals surface area contributed by atoms with Gasteiger partial charge in [0.2, 0.25) is 0 Å². The number of aliphatic carboxylic acids is 2. The molecule has 0 fully saturated rings. The molecular formula is C29H37NO8. The molecule has 9 heteroatoms. The van der Waals surface area contributed by atoms with Gasteiger partial charge in [0, 0.05) is 35.7 Å². The summed E-state index contributed by atoms with van der Waals surface area (Å²) in [6, 6.07) is 12.0. The fourth-order valence-electron chi connectivity index (χ4n) is 4.42. The lowest BCUT2D eigenvalue weighted by molar-refractivity contribution is -0.134. The van der Waals surface area contributed by atoms with Gasteiger partial charge in [0.1, 0.15) is 5.75 Å². The summed E-state index contributed by atoms with van der Waals surface area (Å²) >= 11 is 0. The Labute approximate surface area is 223 Å². The van der Waals surface area contributed by atoms with Gasteiger partial charge in [0.25, 0.3) is 0 Å². The van der Waals surface area contributed by atoms with Crippen molar-refractivity contribution in [2.75, 3.05) is 34.4 Å². The summed E-state index contributed by atoms with van der Waals surface area (Å²) in [7, 11) is 4.95. The van der Waals surface area contributed by atoms with Gasteiger partial charge in [-0.15, -0.1) is 0 Å². The predicted octanol–water partition coefficient (Wildman–Crippen LogP) is 4.47. The van der Waals surface area contributed by atoms with E-state index in [9.17, 15) is 14.4 Å². The summed E-state index contributed by atoms with van der Waals surface area (Å²) in [5, 5.41) is 15.6. The third kappa shape index (κ3) is 8.92. The number of benzene rings is 2. The van der Waals surface area contributed by atoms with E-state index in [4.69, 9.17) is 24.4 Å². The fraction of sp³-hybridized carbons (Fsp3) is 0.414. The van der Waals surface area contributed by atoms with E-state index in [0.29, 0.717) is 23.7 Å². The molecule has 0 bridgehead atoms. The number of carbonyl (C=O) groups is 3. The summed E-state index contributed by atoms with van der Waals surface area (Å²) in [5.74, 6) is 0.0594. The van der Waals surface area contributed by atoms with Crippen molar-refractivity contribution in [3.8, 4) is 17.2 Å². The van der Waals surface area contributed by atoms with E-state index in [1.54, 1.807) is 21.3 Å². The lowest BCUT2D eigenvalue weighted by Crippen LogP contribution is -2.24. The molecule has 1 unspecified atom stereocenters. The van der Waals surface area contributed by atoms with Crippen molar-refractivity contribution in [3.05, 3.63) is 65.2 Å². The molecule has 0 saturated heterocycles. The number of para-hydroxylation sites is 1. The van der Waals surface area contributed by atoms with Gasteiger partial charge in [-0.25, -0.2) is 9.59 Å². The number of hydrogen-bond donors (Lipinski definition) is 2. The van der Waals surface area contributed by atoms with Crippen molar-refractivity contribution in [1.29, 1.82) is 0 Å². The van der Waals surface area contributed by atoms with Crippen molar-refractivity contribution in [2.24, 2.45) is 5.92 Å². The second-order valence-corrected chi connectivity index (χ2v) is 8.82. The summed E-state index contributed by atoms with van der Waals surface area (Å²) in [4.78, 5) is 34.4. The summed E-state index contributed by atoms with van der Waals surface area (Å²) in [6.45, 7) is 5.08. The van der Waals surface area contributed by atoms with Crippen LogP contribution >= 0.6 is 0 Å². The van der Waals surface area contributed by atoms with E-state index in [2.05, 4.69) is 24.0 Å². The highest BCUT2D eigenvalue weighted by atomic mass is 16.5. The number of ketones is 1. The molecule has 3 rings (SSSR count). The maximum Gasteiger partial charge on any atom is 0.328 e. The van der Waals surface area contributed by atoms with Crippen LogP contribution in [0.25, 0.3) is 0 Å². The Kier molecular flexibility index (Phi) is 12.3. The number of rotatable bonds is 13. The first kappa shape index (κ1) is 30.4. The zero-order chi connectivity index (χ0) is 28.1. The maximum absolute atomic E-state index is 12.8. The number of unbranched alkanes of at least 4 members (excludes halogenated alkanes) is 1. The minimum Gasteiger partial charge on any atom is -0.496 e. The van der Waals surface area contributed by atoms with Crippen LogP contribution in [-0.2, 0) is 22.6 Å². The Balaban J connectivity index is 0.000000550. The number of Topliss-reactive ketones (excluding diaryl/α,β-unsaturated/α-hetero) is 1. The first-order valence-electron chi connectivity index (χ1n) is 12.5. The quantitative estimate of drug-likeness (QED) is 0.287. The highest BCUT2D eigenvalue weighted by molar-refractivity contribution is 6.02. The molecule has 2 aromatic carbocycles. The van der Waals surface area contributed by atoms with Crippen LogP contribution in [0.15, 0.2) is 48.6 Å². The zero-order valence-corrected chi connectivity index (χ0v) is 22.4. The Hall–Kier alpha value is -3.85. The van der Waals surface area contributed by atoms with Gasteiger partial charge in [0.15, 0.2) is 17.3 Å². The van der Waals surface area contributed by atoms with E-state index < -0.39 is 11.9 Å². The number of hydrogen-bond acceptors (Lipinski definition) is 7. The number of fused-ring (bicyclic) bond motifs is 1. The number of nitrogens with zero attached hydrogens (tertiary/aromatic N) is 1. The van der Waals surface area contributed by atoms with Crippen molar-refractivity contribution in [2.45, 2.75) is 39.2 Å². The molecule has 0 saturated carbocycles. The first-order valence-corrected chi connectivity index (χ1v) is 12.5. The molecule has 2 aromatic rings. The molecule has 9 nitrogen and oxygen atoms in total. The zero-order valence-electron chi connectivity index (χ0n) is 22.4. The van der Waals surface area contributed by atoms with Crippen LogP contribution < -0.4 is 14.2 Å². The number of carboxylic acid groups (broad SMARTS) is 2. The topological polar surface area (TPSA) is 123 Å². The summed E-state index contributed by atoms with van der Waals surface area (Å²) < 4.78 is 16.2. The molecule has 0 aliphatic heterocycles. The van der Waals surface area contributed by atoms with Crippen LogP contribution in [0.5, 0.6) is 17.2 Å². The van der Waals surface area contributed by atoms with Gasteiger partial charge < -0.3 is 24.4 Å². The molecule has 1 atom stereocenters. The Morgan fingerprint density at radius 2 is 1.55 bits per heavy atom. The molecule has 0 aromatic heterocycles. The Morgan fingerprint density at radius 3 is 2.13 bits per heavy atom. The second kappa shape index (κ2) is 15.4. The van der Waals surface area contributed by atoms with Gasteiger partial charge in [-0.2, -0.15) is 0 Å². The molecular weight excluding hydrogens is 490 g/mol. The molecule has 0 amide bonds. The van der Waals surface area contributed by atoms with Gasteiger partial charge in [-0.3, -0.25) is 9.69 Å². The van der Waals surface area contributed by atoms with Crippen molar-refractivity contribution in [3.63, 3.8) is 0 Å². The third-order valence-electron chi connectivity index (χ3n) is 6.39. The smallest absolute Gasteiger partial charge is 0.328 e. The highest BCUT2D eigenvalue weighted by Gasteiger charge is 2.31. The van der Waals surface area contributed by atoms with Crippen LogP contribution in [0.1, 0.15) is 47.7 Å². The second-order valence-electron chi connectivity index (χ2n) is 8.82. The number of carboxylic acids is 2.